The normalized spacial score (nSPS) is 14.7. The smallest absolute Gasteiger partial charge is 0.323 e. The SMILES string of the molecule is CC(C)C(C(=O)O)N(N1CCN(c2ccc(C#Cc3ccc(OCC(=O)NCc4ccccc4)c(C(N)=O)c3)cc2)CC1)S(=O)[O-]. The van der Waals surface area contributed by atoms with Gasteiger partial charge in [-0.2, -0.15) is 4.41 Å². The zero-order valence-corrected chi connectivity index (χ0v) is 26.4. The lowest BCUT2D eigenvalue weighted by Gasteiger charge is -2.45. The third kappa shape index (κ3) is 9.15. The van der Waals surface area contributed by atoms with Gasteiger partial charge in [-0.1, -0.05) is 56.0 Å². The molecular weight excluding hydrogens is 610 g/mol. The van der Waals surface area contributed by atoms with Crippen molar-refractivity contribution in [2.45, 2.75) is 26.4 Å². The Balaban J connectivity index is 1.34. The van der Waals surface area contributed by atoms with Crippen LogP contribution in [-0.2, 0) is 27.4 Å². The molecule has 0 radical (unpaired) electrons. The fraction of sp³-hybridized carbons (Fsp3) is 0.303. The van der Waals surface area contributed by atoms with E-state index in [0.717, 1.165) is 21.2 Å². The lowest BCUT2D eigenvalue weighted by molar-refractivity contribution is -0.149. The third-order valence-corrected chi connectivity index (χ3v) is 8.09. The van der Waals surface area contributed by atoms with Crippen LogP contribution in [0.4, 0.5) is 5.69 Å². The number of piperazine rings is 1. The van der Waals surface area contributed by atoms with Gasteiger partial charge >= 0.3 is 5.97 Å². The summed E-state index contributed by atoms with van der Waals surface area (Å²) in [5.74, 6) is 3.63. The van der Waals surface area contributed by atoms with Gasteiger partial charge in [0.1, 0.15) is 11.8 Å². The highest BCUT2D eigenvalue weighted by Gasteiger charge is 2.35. The van der Waals surface area contributed by atoms with E-state index in [2.05, 4.69) is 22.1 Å². The zero-order valence-electron chi connectivity index (χ0n) is 25.5. The number of ether oxygens (including phenoxy) is 1. The summed E-state index contributed by atoms with van der Waals surface area (Å²) in [4.78, 5) is 38.2. The van der Waals surface area contributed by atoms with Gasteiger partial charge in [0.05, 0.1) is 5.56 Å². The van der Waals surface area contributed by atoms with Crippen LogP contribution >= 0.6 is 0 Å². The van der Waals surface area contributed by atoms with E-state index in [1.807, 2.05) is 54.6 Å². The van der Waals surface area contributed by atoms with Crippen molar-refractivity contribution in [2.24, 2.45) is 11.7 Å². The summed E-state index contributed by atoms with van der Waals surface area (Å²) >= 11 is -2.72. The highest BCUT2D eigenvalue weighted by atomic mass is 32.2. The lowest BCUT2D eigenvalue weighted by atomic mass is 10.1. The molecule has 0 aromatic heterocycles. The zero-order chi connectivity index (χ0) is 33.2. The number of nitrogens with two attached hydrogens (primary N) is 1. The van der Waals surface area contributed by atoms with Crippen molar-refractivity contribution in [1.82, 2.24) is 14.7 Å². The summed E-state index contributed by atoms with van der Waals surface area (Å²) < 4.78 is 30.4. The number of hydrogen-bond donors (Lipinski definition) is 3. The molecule has 0 saturated carbocycles. The Morgan fingerprint density at radius 3 is 2.22 bits per heavy atom. The van der Waals surface area contributed by atoms with Crippen LogP contribution in [0.15, 0.2) is 72.8 Å². The number of rotatable bonds is 12. The number of carboxylic acids is 1. The standard InChI is InChI=1S/C33H37N5O7S/c1-23(2)31(33(41)42)38(46(43)44)37-18-16-36(17-19-37)27-13-10-24(11-14-27)8-9-25-12-15-29(28(20-25)32(34)40)45-22-30(39)35-21-26-6-4-3-5-7-26/h3-7,10-15,20,23,31H,16-19,21-22H2,1-2H3,(H2,34,40)(H,35,39)(H,41,42)(H,43,44)/p-1. The molecule has 4 N–H and O–H groups in total. The molecule has 2 unspecified atom stereocenters. The maximum Gasteiger partial charge on any atom is 0.323 e. The van der Waals surface area contributed by atoms with Crippen molar-refractivity contribution < 1.29 is 33.0 Å². The van der Waals surface area contributed by atoms with Crippen LogP contribution in [0.1, 0.15) is 40.9 Å². The molecule has 46 heavy (non-hydrogen) atoms. The number of aliphatic carboxylic acids is 1. The average Bonchev–Trinajstić information content (AvgIpc) is 3.04. The van der Waals surface area contributed by atoms with E-state index in [0.29, 0.717) is 38.3 Å². The Hall–Kier alpha value is -4.74. The van der Waals surface area contributed by atoms with Crippen LogP contribution < -0.4 is 20.7 Å². The summed E-state index contributed by atoms with van der Waals surface area (Å²) in [5, 5.41) is 13.9. The highest BCUT2D eigenvalue weighted by molar-refractivity contribution is 7.76. The molecule has 2 atom stereocenters. The first-order chi connectivity index (χ1) is 22.0. The molecule has 3 aromatic carbocycles. The van der Waals surface area contributed by atoms with Gasteiger partial charge in [-0.05, 0) is 53.9 Å². The van der Waals surface area contributed by atoms with E-state index in [1.165, 1.54) is 6.07 Å². The Morgan fingerprint density at radius 1 is 1.00 bits per heavy atom. The maximum absolute atomic E-state index is 12.2. The van der Waals surface area contributed by atoms with Crippen molar-refractivity contribution in [3.8, 4) is 17.6 Å². The van der Waals surface area contributed by atoms with Crippen molar-refractivity contribution >= 4 is 34.7 Å². The summed E-state index contributed by atoms with van der Waals surface area (Å²) in [6, 6.07) is 20.6. The molecule has 1 fully saturated rings. The van der Waals surface area contributed by atoms with Gasteiger partial charge < -0.3 is 30.3 Å². The largest absolute Gasteiger partial charge is 0.759 e. The molecule has 0 aliphatic carbocycles. The Bertz CT molecular complexity index is 1610. The van der Waals surface area contributed by atoms with E-state index in [-0.39, 0.29) is 23.8 Å². The van der Waals surface area contributed by atoms with Crippen LogP contribution in [0.5, 0.6) is 5.75 Å². The van der Waals surface area contributed by atoms with Gasteiger partial charge in [-0.3, -0.25) is 18.6 Å². The van der Waals surface area contributed by atoms with Gasteiger partial charge in [0.2, 0.25) is 0 Å². The summed E-state index contributed by atoms with van der Waals surface area (Å²) in [7, 11) is 0. The number of carbonyl (C=O) groups excluding carboxylic acids is 2. The average molecular weight is 647 g/mol. The minimum Gasteiger partial charge on any atom is -0.759 e. The molecule has 0 spiro atoms. The van der Waals surface area contributed by atoms with E-state index in [4.69, 9.17) is 10.5 Å². The molecule has 12 nitrogen and oxygen atoms in total. The summed E-state index contributed by atoms with van der Waals surface area (Å²) in [6.07, 6.45) is 0. The van der Waals surface area contributed by atoms with Crippen molar-refractivity contribution in [3.05, 3.63) is 95.1 Å². The van der Waals surface area contributed by atoms with Crippen LogP contribution in [0.2, 0.25) is 0 Å². The summed E-state index contributed by atoms with van der Waals surface area (Å²) in [6.45, 7) is 5.11. The number of hydrazine groups is 1. The number of carbonyl (C=O) groups is 3. The number of amides is 2. The molecule has 0 bridgehead atoms. The van der Waals surface area contributed by atoms with E-state index >= 15 is 0 Å². The van der Waals surface area contributed by atoms with Crippen molar-refractivity contribution in [2.75, 3.05) is 37.7 Å². The summed E-state index contributed by atoms with van der Waals surface area (Å²) in [5.41, 5.74) is 8.81. The molecular formula is C33H36N5O7S-. The number of primary amides is 1. The minimum absolute atomic E-state index is 0.111. The fourth-order valence-electron chi connectivity index (χ4n) is 4.97. The molecule has 1 heterocycles. The second-order valence-corrected chi connectivity index (χ2v) is 11.7. The number of hydrogen-bond acceptors (Lipinski definition) is 8. The topological polar surface area (TPSA) is 169 Å². The van der Waals surface area contributed by atoms with Crippen molar-refractivity contribution in [3.63, 3.8) is 0 Å². The molecule has 1 saturated heterocycles. The number of carboxylic acid groups (broad SMARTS) is 1. The fourth-order valence-corrected chi connectivity index (χ4v) is 5.84. The lowest BCUT2D eigenvalue weighted by Crippen LogP contribution is -2.60. The van der Waals surface area contributed by atoms with Crippen molar-refractivity contribution in [1.29, 1.82) is 0 Å². The van der Waals surface area contributed by atoms with E-state index in [9.17, 15) is 28.3 Å². The van der Waals surface area contributed by atoms with Gasteiger partial charge in [0.25, 0.3) is 11.8 Å². The van der Waals surface area contributed by atoms with Crippen LogP contribution in [0.3, 0.4) is 0 Å². The van der Waals surface area contributed by atoms with E-state index < -0.39 is 35.1 Å². The molecule has 1 aliphatic heterocycles. The number of nitrogens with zero attached hydrogens (tertiary/aromatic N) is 3. The predicted octanol–water partition coefficient (Wildman–Crippen LogP) is 2.12. The molecule has 2 amide bonds. The molecule has 4 rings (SSSR count). The Labute approximate surface area is 270 Å². The highest BCUT2D eigenvalue weighted by Crippen LogP contribution is 2.22. The van der Waals surface area contributed by atoms with Crippen LogP contribution in [0, 0.1) is 17.8 Å². The van der Waals surface area contributed by atoms with Gasteiger partial charge in [0, 0.05) is 60.8 Å². The quantitative estimate of drug-likeness (QED) is 0.197. The first kappa shape index (κ1) is 34.1. The van der Waals surface area contributed by atoms with Crippen LogP contribution in [-0.4, -0.2) is 79.9 Å². The van der Waals surface area contributed by atoms with Gasteiger partial charge in [-0.25, -0.2) is 5.01 Å². The third-order valence-electron chi connectivity index (χ3n) is 7.33. The maximum atomic E-state index is 12.2. The van der Waals surface area contributed by atoms with Gasteiger partial charge in [-0.15, -0.1) is 0 Å². The van der Waals surface area contributed by atoms with Gasteiger partial charge in [0.15, 0.2) is 6.61 Å². The number of nitrogens with one attached hydrogen (secondary N) is 1. The first-order valence-electron chi connectivity index (χ1n) is 14.6. The predicted molar refractivity (Wildman–Crippen MR) is 172 cm³/mol. The van der Waals surface area contributed by atoms with Crippen LogP contribution in [0.25, 0.3) is 0 Å². The number of benzene rings is 3. The molecule has 242 valence electrons. The Kier molecular flexibility index (Phi) is 11.9. The number of anilines is 1. The second-order valence-electron chi connectivity index (χ2n) is 10.9. The first-order valence-corrected chi connectivity index (χ1v) is 15.7. The second kappa shape index (κ2) is 16.0. The monoisotopic (exact) mass is 646 g/mol. The Morgan fingerprint density at radius 2 is 1.63 bits per heavy atom. The minimum atomic E-state index is -2.72. The molecule has 13 heteroatoms. The molecule has 1 aliphatic rings. The van der Waals surface area contributed by atoms with E-state index in [1.54, 1.807) is 31.0 Å². The molecule has 3 aromatic rings.